The van der Waals surface area contributed by atoms with Crippen molar-refractivity contribution < 1.29 is 9.90 Å². The number of rotatable bonds is 3. The first-order valence-corrected chi connectivity index (χ1v) is 7.11. The van der Waals surface area contributed by atoms with Crippen LogP contribution in [0.2, 0.25) is 5.02 Å². The van der Waals surface area contributed by atoms with E-state index in [0.29, 0.717) is 11.6 Å². The summed E-state index contributed by atoms with van der Waals surface area (Å²) in [7, 11) is 0. The van der Waals surface area contributed by atoms with E-state index in [9.17, 15) is 9.90 Å². The van der Waals surface area contributed by atoms with Crippen LogP contribution in [0.3, 0.4) is 0 Å². The Hall–Kier alpha value is -1.04. The predicted octanol–water partition coefficient (Wildman–Crippen LogP) is 3.80. The summed E-state index contributed by atoms with van der Waals surface area (Å²) < 4.78 is 0.992. The van der Waals surface area contributed by atoms with Gasteiger partial charge >= 0.3 is 0 Å². The van der Waals surface area contributed by atoms with Crippen molar-refractivity contribution >= 4 is 44.8 Å². The molecule has 6 heteroatoms. The molecule has 3 nitrogen and oxygen atoms in total. The molecule has 0 unspecified atom stereocenters. The van der Waals surface area contributed by atoms with Crippen LogP contribution in [0.15, 0.2) is 34.1 Å². The van der Waals surface area contributed by atoms with Crippen molar-refractivity contribution in [1.82, 2.24) is 5.32 Å². The van der Waals surface area contributed by atoms with E-state index in [2.05, 4.69) is 21.2 Å². The van der Waals surface area contributed by atoms with E-state index in [1.807, 2.05) is 11.4 Å². The molecule has 0 atom stereocenters. The van der Waals surface area contributed by atoms with Crippen LogP contribution in [0.1, 0.15) is 15.2 Å². The monoisotopic (exact) mass is 345 g/mol. The summed E-state index contributed by atoms with van der Waals surface area (Å²) in [4.78, 5) is 12.9. The van der Waals surface area contributed by atoms with Crippen molar-refractivity contribution in [2.24, 2.45) is 0 Å². The Morgan fingerprint density at radius 1 is 1.44 bits per heavy atom. The predicted molar refractivity (Wildman–Crippen MR) is 76.3 cm³/mol. The Bertz CT molecular complexity index is 585. The molecule has 0 saturated heterocycles. The summed E-state index contributed by atoms with van der Waals surface area (Å²) in [5.74, 6) is -0.443. The number of aromatic hydroxyl groups is 1. The lowest BCUT2D eigenvalue weighted by Gasteiger charge is -2.05. The third kappa shape index (κ3) is 3.25. The highest BCUT2D eigenvalue weighted by Gasteiger charge is 2.11. The maximum absolute atomic E-state index is 11.8. The highest BCUT2D eigenvalue weighted by atomic mass is 79.9. The van der Waals surface area contributed by atoms with Gasteiger partial charge < -0.3 is 10.4 Å². The minimum absolute atomic E-state index is 0.118. The molecule has 2 N–H and O–H groups in total. The number of benzene rings is 1. The summed E-state index contributed by atoms with van der Waals surface area (Å²) in [6, 6.07) is 6.35. The Labute approximate surface area is 122 Å². The van der Waals surface area contributed by atoms with Gasteiger partial charge in [-0.05, 0) is 40.2 Å². The Morgan fingerprint density at radius 2 is 2.22 bits per heavy atom. The van der Waals surface area contributed by atoms with E-state index in [-0.39, 0.29) is 17.2 Å². The molecule has 0 spiro atoms. The van der Waals surface area contributed by atoms with Crippen molar-refractivity contribution in [2.75, 3.05) is 0 Å². The Balaban J connectivity index is 2.03. The molecule has 1 aromatic carbocycles. The van der Waals surface area contributed by atoms with E-state index in [1.165, 1.54) is 12.1 Å². The molecule has 18 heavy (non-hydrogen) atoms. The molecule has 94 valence electrons. The highest BCUT2D eigenvalue weighted by molar-refractivity contribution is 9.10. The fourth-order valence-electron chi connectivity index (χ4n) is 1.41. The molecule has 0 aliphatic carbocycles. The fourth-order valence-corrected chi connectivity index (χ4v) is 2.96. The van der Waals surface area contributed by atoms with Crippen LogP contribution in [-0.4, -0.2) is 11.0 Å². The van der Waals surface area contributed by atoms with E-state index in [1.54, 1.807) is 17.4 Å². The molecule has 1 aromatic heterocycles. The molecule has 0 fully saturated rings. The second-order valence-corrected chi connectivity index (χ2v) is 5.92. The number of carbonyl (C=O) groups is 1. The zero-order valence-corrected chi connectivity index (χ0v) is 12.3. The standard InChI is InChI=1S/C12H9BrClNO2S/c13-7-3-9(18-6-7)5-15-12(17)10-2-1-8(14)4-11(10)16/h1-4,6,16H,5H2,(H,15,17). The minimum atomic E-state index is -0.325. The first-order chi connectivity index (χ1) is 8.56. The molecular weight excluding hydrogens is 338 g/mol. The van der Waals surface area contributed by atoms with E-state index < -0.39 is 0 Å². The maximum Gasteiger partial charge on any atom is 0.255 e. The summed E-state index contributed by atoms with van der Waals surface area (Å²) in [6.07, 6.45) is 0. The van der Waals surface area contributed by atoms with Gasteiger partial charge in [0.05, 0.1) is 12.1 Å². The van der Waals surface area contributed by atoms with Gasteiger partial charge in [-0.3, -0.25) is 4.79 Å². The number of hydrogen-bond donors (Lipinski definition) is 2. The molecule has 0 aliphatic heterocycles. The first kappa shape index (κ1) is 13.4. The largest absolute Gasteiger partial charge is 0.507 e. The van der Waals surface area contributed by atoms with Gasteiger partial charge in [0, 0.05) is 19.8 Å². The maximum atomic E-state index is 11.8. The molecule has 0 aliphatic rings. The van der Waals surface area contributed by atoms with Gasteiger partial charge in [-0.15, -0.1) is 11.3 Å². The molecule has 0 bridgehead atoms. The number of halogens is 2. The average Bonchev–Trinajstić information content (AvgIpc) is 2.72. The summed E-state index contributed by atoms with van der Waals surface area (Å²) in [5, 5.41) is 14.7. The lowest BCUT2D eigenvalue weighted by Crippen LogP contribution is -2.22. The van der Waals surface area contributed by atoms with Crippen molar-refractivity contribution in [1.29, 1.82) is 0 Å². The van der Waals surface area contributed by atoms with Crippen LogP contribution < -0.4 is 5.32 Å². The highest BCUT2D eigenvalue weighted by Crippen LogP contribution is 2.22. The van der Waals surface area contributed by atoms with Crippen molar-refractivity contribution in [3.05, 3.63) is 49.6 Å². The van der Waals surface area contributed by atoms with E-state index in [0.717, 1.165) is 9.35 Å². The third-order valence-corrected chi connectivity index (χ3v) is 4.18. The van der Waals surface area contributed by atoms with Crippen molar-refractivity contribution in [3.8, 4) is 5.75 Å². The van der Waals surface area contributed by atoms with Gasteiger partial charge in [-0.25, -0.2) is 0 Å². The normalized spacial score (nSPS) is 10.3. The van der Waals surface area contributed by atoms with Crippen LogP contribution in [-0.2, 0) is 6.54 Å². The lowest BCUT2D eigenvalue weighted by molar-refractivity contribution is 0.0948. The summed E-state index contributed by atoms with van der Waals surface area (Å²) >= 11 is 10.6. The second kappa shape index (κ2) is 5.73. The molecule has 1 amide bonds. The third-order valence-electron chi connectivity index (χ3n) is 2.25. The fraction of sp³-hybridized carbons (Fsp3) is 0.0833. The SMILES string of the molecule is O=C(NCc1cc(Br)cs1)c1ccc(Cl)cc1O. The number of nitrogens with one attached hydrogen (secondary N) is 1. The van der Waals surface area contributed by atoms with Gasteiger partial charge in [0.2, 0.25) is 0 Å². The molecule has 0 saturated carbocycles. The van der Waals surface area contributed by atoms with Gasteiger partial charge in [0.1, 0.15) is 5.75 Å². The summed E-state index contributed by atoms with van der Waals surface area (Å²) in [6.45, 7) is 0.428. The Morgan fingerprint density at radius 3 is 2.83 bits per heavy atom. The average molecular weight is 347 g/mol. The van der Waals surface area contributed by atoms with E-state index in [4.69, 9.17) is 11.6 Å². The topological polar surface area (TPSA) is 49.3 Å². The number of hydrogen-bond acceptors (Lipinski definition) is 3. The zero-order chi connectivity index (χ0) is 13.1. The van der Waals surface area contributed by atoms with Gasteiger partial charge in [-0.2, -0.15) is 0 Å². The van der Waals surface area contributed by atoms with Gasteiger partial charge in [0.15, 0.2) is 0 Å². The molecular formula is C12H9BrClNO2S. The molecule has 2 rings (SSSR count). The van der Waals surface area contributed by atoms with E-state index >= 15 is 0 Å². The van der Waals surface area contributed by atoms with Gasteiger partial charge in [-0.1, -0.05) is 11.6 Å². The van der Waals surface area contributed by atoms with Crippen LogP contribution in [0.25, 0.3) is 0 Å². The Kier molecular flexibility index (Phi) is 4.27. The smallest absolute Gasteiger partial charge is 0.255 e. The summed E-state index contributed by atoms with van der Waals surface area (Å²) in [5.41, 5.74) is 0.218. The van der Waals surface area contributed by atoms with Crippen LogP contribution in [0.5, 0.6) is 5.75 Å². The quantitative estimate of drug-likeness (QED) is 0.888. The second-order valence-electron chi connectivity index (χ2n) is 3.58. The number of amides is 1. The lowest BCUT2D eigenvalue weighted by atomic mass is 10.2. The molecule has 0 radical (unpaired) electrons. The minimum Gasteiger partial charge on any atom is -0.507 e. The van der Waals surface area contributed by atoms with Gasteiger partial charge in [0.25, 0.3) is 5.91 Å². The number of carbonyl (C=O) groups excluding carboxylic acids is 1. The molecule has 1 heterocycles. The first-order valence-electron chi connectivity index (χ1n) is 5.06. The number of thiophene rings is 1. The van der Waals surface area contributed by atoms with Crippen molar-refractivity contribution in [2.45, 2.75) is 6.54 Å². The van der Waals surface area contributed by atoms with Crippen LogP contribution >= 0.6 is 38.9 Å². The van der Waals surface area contributed by atoms with Crippen molar-refractivity contribution in [3.63, 3.8) is 0 Å². The molecule has 2 aromatic rings. The zero-order valence-electron chi connectivity index (χ0n) is 9.11. The van der Waals surface area contributed by atoms with Crippen LogP contribution in [0.4, 0.5) is 0 Å². The van der Waals surface area contributed by atoms with Crippen LogP contribution in [0, 0.1) is 0 Å². The number of phenolic OH excluding ortho intramolecular Hbond substituents is 1. The number of phenols is 1.